The van der Waals surface area contributed by atoms with E-state index >= 15 is 0 Å². The van der Waals surface area contributed by atoms with Crippen molar-refractivity contribution in [3.05, 3.63) is 59.5 Å². The molecule has 1 aromatic carbocycles. The number of likely N-dealkylation sites (N-methyl/N-ethyl adjacent to an activating group) is 1. The Morgan fingerprint density at radius 2 is 1.81 bits per heavy atom. The van der Waals surface area contributed by atoms with Crippen LogP contribution in [0.5, 0.6) is 0 Å². The van der Waals surface area contributed by atoms with Crippen LogP contribution in [0.25, 0.3) is 22.4 Å². The fourth-order valence-electron chi connectivity index (χ4n) is 3.59. The number of H-pyrrole nitrogens is 1. The molecule has 3 heterocycles. The van der Waals surface area contributed by atoms with Gasteiger partial charge in [0.25, 0.3) is 0 Å². The Morgan fingerprint density at radius 3 is 2.50 bits per heavy atom. The third-order valence-corrected chi connectivity index (χ3v) is 5.58. The van der Waals surface area contributed by atoms with Crippen LogP contribution in [-0.2, 0) is 5.54 Å². The van der Waals surface area contributed by atoms with Crippen molar-refractivity contribution in [2.45, 2.75) is 12.5 Å². The van der Waals surface area contributed by atoms with Crippen molar-refractivity contribution in [1.82, 2.24) is 25.4 Å². The molecular formula is C20H22ClN5. The summed E-state index contributed by atoms with van der Waals surface area (Å²) in [4.78, 5) is 6.56. The van der Waals surface area contributed by atoms with Gasteiger partial charge in [-0.3, -0.25) is 15.0 Å². The molecule has 1 aliphatic heterocycles. The highest BCUT2D eigenvalue weighted by Crippen LogP contribution is 2.40. The Hall–Kier alpha value is -2.21. The van der Waals surface area contributed by atoms with Crippen molar-refractivity contribution in [2.75, 3.05) is 26.7 Å². The van der Waals surface area contributed by atoms with E-state index in [2.05, 4.69) is 34.3 Å². The first kappa shape index (κ1) is 17.2. The normalized spacial score (nSPS) is 21.0. The Morgan fingerprint density at radius 1 is 1.08 bits per heavy atom. The Kier molecular flexibility index (Phi) is 4.53. The maximum Gasteiger partial charge on any atom is 0.100 e. The van der Waals surface area contributed by atoms with Gasteiger partial charge in [-0.25, -0.2) is 0 Å². The molecular weight excluding hydrogens is 346 g/mol. The predicted molar refractivity (Wildman–Crippen MR) is 105 cm³/mol. The number of rotatable bonds is 3. The van der Waals surface area contributed by atoms with Crippen LogP contribution in [0.1, 0.15) is 12.6 Å². The lowest BCUT2D eigenvalue weighted by molar-refractivity contribution is 0.100. The molecule has 2 N–H and O–H groups in total. The van der Waals surface area contributed by atoms with Crippen LogP contribution in [0.3, 0.4) is 0 Å². The molecule has 6 heteroatoms. The molecule has 1 fully saturated rings. The second-order valence-electron chi connectivity index (χ2n) is 6.94. The highest BCUT2D eigenvalue weighted by Gasteiger charge is 2.38. The molecule has 0 saturated carbocycles. The number of aromatic amines is 1. The van der Waals surface area contributed by atoms with Crippen LogP contribution in [0.15, 0.2) is 48.8 Å². The molecule has 1 saturated heterocycles. The summed E-state index contributed by atoms with van der Waals surface area (Å²) >= 11 is 6.07. The molecule has 0 spiro atoms. The van der Waals surface area contributed by atoms with E-state index in [0.29, 0.717) is 0 Å². The summed E-state index contributed by atoms with van der Waals surface area (Å²) < 4.78 is 0. The number of halogens is 1. The average Bonchev–Trinajstić information content (AvgIpc) is 3.11. The molecule has 134 valence electrons. The fourth-order valence-corrected chi connectivity index (χ4v) is 3.71. The number of pyridine rings is 1. The van der Waals surface area contributed by atoms with Gasteiger partial charge in [-0.15, -0.1) is 0 Å². The average molecular weight is 368 g/mol. The summed E-state index contributed by atoms with van der Waals surface area (Å²) in [6.45, 7) is 5.10. The number of hydrogen-bond donors (Lipinski definition) is 2. The monoisotopic (exact) mass is 367 g/mol. The maximum atomic E-state index is 6.07. The van der Waals surface area contributed by atoms with E-state index in [4.69, 9.17) is 16.7 Å². The van der Waals surface area contributed by atoms with Crippen molar-refractivity contribution in [3.8, 4) is 22.4 Å². The van der Waals surface area contributed by atoms with Gasteiger partial charge in [0.15, 0.2) is 0 Å². The number of hydrogen-bond acceptors (Lipinski definition) is 4. The highest BCUT2D eigenvalue weighted by atomic mass is 35.5. The molecule has 0 amide bonds. The van der Waals surface area contributed by atoms with Gasteiger partial charge in [0, 0.05) is 48.2 Å². The van der Waals surface area contributed by atoms with E-state index in [1.807, 2.05) is 48.8 Å². The fraction of sp³-hybridized carbons (Fsp3) is 0.300. The number of benzene rings is 1. The van der Waals surface area contributed by atoms with E-state index in [-0.39, 0.29) is 5.54 Å². The first-order chi connectivity index (χ1) is 12.6. The lowest BCUT2D eigenvalue weighted by Gasteiger charge is -2.42. The second-order valence-corrected chi connectivity index (χ2v) is 7.37. The number of piperazine rings is 1. The Balaban J connectivity index is 1.92. The topological polar surface area (TPSA) is 56.8 Å². The standard InChI is InChI=1S/C20H22ClN5/c1-20(13-23-11-12-26(20)2)19-17(14-7-9-22-10-8-14)18(24-25-19)15-3-5-16(21)6-4-15/h3-10,23H,11-13H2,1-2H3,(H,24,25). The summed E-state index contributed by atoms with van der Waals surface area (Å²) in [6.07, 6.45) is 3.64. The molecule has 1 atom stereocenters. The van der Waals surface area contributed by atoms with E-state index in [1.54, 1.807) is 0 Å². The lowest BCUT2D eigenvalue weighted by atomic mass is 9.87. The van der Waals surface area contributed by atoms with E-state index < -0.39 is 0 Å². The molecule has 2 aromatic heterocycles. The van der Waals surface area contributed by atoms with Crippen LogP contribution in [-0.4, -0.2) is 46.8 Å². The van der Waals surface area contributed by atoms with Crippen LogP contribution in [0.2, 0.25) is 5.02 Å². The third-order valence-electron chi connectivity index (χ3n) is 5.33. The van der Waals surface area contributed by atoms with Gasteiger partial charge in [-0.05, 0) is 43.8 Å². The van der Waals surface area contributed by atoms with Gasteiger partial charge >= 0.3 is 0 Å². The molecule has 5 nitrogen and oxygen atoms in total. The molecule has 1 aliphatic rings. The van der Waals surface area contributed by atoms with Gasteiger partial charge in [0.2, 0.25) is 0 Å². The molecule has 0 aliphatic carbocycles. The molecule has 26 heavy (non-hydrogen) atoms. The lowest BCUT2D eigenvalue weighted by Crippen LogP contribution is -2.56. The summed E-state index contributed by atoms with van der Waals surface area (Å²) in [5.74, 6) is 0. The quantitative estimate of drug-likeness (QED) is 0.743. The van der Waals surface area contributed by atoms with Crippen molar-refractivity contribution >= 4 is 11.6 Å². The van der Waals surface area contributed by atoms with E-state index in [0.717, 1.165) is 52.7 Å². The summed E-state index contributed by atoms with van der Waals surface area (Å²) in [6, 6.07) is 11.9. The van der Waals surface area contributed by atoms with Gasteiger partial charge in [0.1, 0.15) is 5.69 Å². The number of aromatic nitrogens is 3. The van der Waals surface area contributed by atoms with Gasteiger partial charge in [-0.2, -0.15) is 5.10 Å². The summed E-state index contributed by atoms with van der Waals surface area (Å²) in [5, 5.41) is 12.3. The first-order valence-corrected chi connectivity index (χ1v) is 9.14. The molecule has 1 unspecified atom stereocenters. The molecule has 0 bridgehead atoms. The van der Waals surface area contributed by atoms with Crippen molar-refractivity contribution in [2.24, 2.45) is 0 Å². The van der Waals surface area contributed by atoms with Crippen LogP contribution >= 0.6 is 11.6 Å². The third kappa shape index (κ3) is 2.92. The summed E-state index contributed by atoms with van der Waals surface area (Å²) in [7, 11) is 2.17. The van der Waals surface area contributed by atoms with Crippen molar-refractivity contribution < 1.29 is 0 Å². The Bertz CT molecular complexity index is 890. The second kappa shape index (κ2) is 6.83. The molecule has 0 radical (unpaired) electrons. The van der Waals surface area contributed by atoms with Crippen LogP contribution in [0.4, 0.5) is 0 Å². The van der Waals surface area contributed by atoms with Crippen molar-refractivity contribution in [1.29, 1.82) is 0 Å². The highest BCUT2D eigenvalue weighted by molar-refractivity contribution is 6.30. The molecule has 4 rings (SSSR count). The summed E-state index contributed by atoms with van der Waals surface area (Å²) in [5.41, 5.74) is 5.14. The smallest absolute Gasteiger partial charge is 0.100 e. The predicted octanol–water partition coefficient (Wildman–Crippen LogP) is 3.54. The van der Waals surface area contributed by atoms with Crippen LogP contribution in [0, 0.1) is 0 Å². The zero-order chi connectivity index (χ0) is 18.1. The Labute approximate surface area is 158 Å². The minimum absolute atomic E-state index is 0.172. The van der Waals surface area contributed by atoms with Gasteiger partial charge in [0.05, 0.1) is 11.2 Å². The largest absolute Gasteiger partial charge is 0.313 e. The zero-order valence-corrected chi connectivity index (χ0v) is 15.7. The SMILES string of the molecule is CN1CCNCC1(C)c1[nH]nc(-c2ccc(Cl)cc2)c1-c1ccncc1. The van der Waals surface area contributed by atoms with E-state index in [9.17, 15) is 0 Å². The number of nitrogens with one attached hydrogen (secondary N) is 2. The van der Waals surface area contributed by atoms with Gasteiger partial charge < -0.3 is 5.32 Å². The van der Waals surface area contributed by atoms with Crippen LogP contribution < -0.4 is 5.32 Å². The van der Waals surface area contributed by atoms with Gasteiger partial charge in [-0.1, -0.05) is 23.7 Å². The number of nitrogens with zero attached hydrogens (tertiary/aromatic N) is 3. The van der Waals surface area contributed by atoms with Crippen molar-refractivity contribution in [3.63, 3.8) is 0 Å². The minimum Gasteiger partial charge on any atom is -0.313 e. The minimum atomic E-state index is -0.172. The zero-order valence-electron chi connectivity index (χ0n) is 15.0. The molecule has 3 aromatic rings. The first-order valence-electron chi connectivity index (χ1n) is 8.77. The maximum absolute atomic E-state index is 6.07. The van der Waals surface area contributed by atoms with E-state index in [1.165, 1.54) is 0 Å².